The van der Waals surface area contributed by atoms with E-state index in [1.165, 1.54) is 12.7 Å². The van der Waals surface area contributed by atoms with E-state index in [0.29, 0.717) is 59.8 Å². The van der Waals surface area contributed by atoms with Gasteiger partial charge in [0.25, 0.3) is 0 Å². The predicted octanol–water partition coefficient (Wildman–Crippen LogP) is 5.88. The van der Waals surface area contributed by atoms with Gasteiger partial charge in [-0.25, -0.2) is 0 Å². The van der Waals surface area contributed by atoms with Crippen molar-refractivity contribution in [2.45, 2.75) is 0 Å². The van der Waals surface area contributed by atoms with Crippen LogP contribution in [0.15, 0.2) is 38.9 Å². The van der Waals surface area contributed by atoms with Gasteiger partial charge in [-0.05, 0) is 0 Å². The van der Waals surface area contributed by atoms with Gasteiger partial charge in [0.15, 0.2) is 0 Å². The van der Waals surface area contributed by atoms with Gasteiger partial charge < -0.3 is 0 Å². The van der Waals surface area contributed by atoms with Crippen LogP contribution in [0.4, 0.5) is 0 Å². The average molecular weight is 753 g/mol. The molecule has 0 saturated heterocycles. The van der Waals surface area contributed by atoms with Crippen molar-refractivity contribution in [1.82, 2.24) is 0 Å². The van der Waals surface area contributed by atoms with E-state index in [2.05, 4.69) is 48.5 Å². The summed E-state index contributed by atoms with van der Waals surface area (Å²) in [5.74, 6) is 0. The normalized spacial score (nSPS) is 23.5. The van der Waals surface area contributed by atoms with E-state index in [1.54, 1.807) is 19.5 Å². The van der Waals surface area contributed by atoms with E-state index in [9.17, 15) is 0 Å². The minimum atomic E-state index is 0.623. The van der Waals surface area contributed by atoms with Crippen LogP contribution in [-0.4, -0.2) is 84.9 Å². The van der Waals surface area contributed by atoms with Crippen LogP contribution in [0, 0.1) is 0 Å². The maximum absolute atomic E-state index is 2.26. The summed E-state index contributed by atoms with van der Waals surface area (Å²) in [6, 6.07) is 0. The van der Waals surface area contributed by atoms with Gasteiger partial charge in [0.1, 0.15) is 0 Å². The first-order valence-corrected chi connectivity index (χ1v) is 22.0. The first kappa shape index (κ1) is 22.8. The van der Waals surface area contributed by atoms with Crippen LogP contribution in [0.25, 0.3) is 0 Å². The molecule has 0 amide bonds. The molecule has 0 spiro atoms. The molecule has 0 aromatic rings. The Morgan fingerprint density at radius 2 is 0.962 bits per heavy atom. The van der Waals surface area contributed by atoms with E-state index in [0.717, 1.165) is 0 Å². The molecule has 0 aromatic heterocycles. The van der Waals surface area contributed by atoms with E-state index < -0.39 is 0 Å². The van der Waals surface area contributed by atoms with Crippen LogP contribution >= 0.6 is 94.1 Å². The Balaban J connectivity index is 1.44. The Morgan fingerprint density at radius 1 is 0.538 bits per heavy atom. The first-order valence-electron chi connectivity index (χ1n) is 6.97. The second-order valence-corrected chi connectivity index (χ2v) is 26.4. The van der Waals surface area contributed by atoms with Crippen molar-refractivity contribution in [1.29, 1.82) is 0 Å². The number of thioether (sulfide) groups is 8. The van der Waals surface area contributed by atoms with Crippen molar-refractivity contribution in [3.05, 3.63) is 38.9 Å². The van der Waals surface area contributed by atoms with Crippen molar-refractivity contribution in [3.63, 3.8) is 0 Å². The minimum absolute atomic E-state index is 0.623. The summed E-state index contributed by atoms with van der Waals surface area (Å²) < 4.78 is 16.8. The first-order chi connectivity index (χ1) is 12.7. The van der Waals surface area contributed by atoms with Gasteiger partial charge in [-0.3, -0.25) is 0 Å². The van der Waals surface area contributed by atoms with Crippen LogP contribution in [-0.2, 0) is 0 Å². The Bertz CT molecular complexity index is 688. The summed E-state index contributed by atoms with van der Waals surface area (Å²) in [6.45, 7) is 0. The molecule has 4 rings (SSSR count). The molecule has 4 heterocycles. The second kappa shape index (κ2) is 10.5. The summed E-state index contributed by atoms with van der Waals surface area (Å²) >= 11 is 18.6. The molecule has 0 nitrogen and oxygen atoms in total. The van der Waals surface area contributed by atoms with Gasteiger partial charge >= 0.3 is 218 Å². The summed E-state index contributed by atoms with van der Waals surface area (Å²) in [5.41, 5.74) is 0. The fourth-order valence-electron chi connectivity index (χ4n) is 1.97. The fraction of sp³-hybridized carbons (Fsp3) is 0.286. The molecular weight excluding hydrogens is 741 g/mol. The molecule has 0 fully saturated rings. The zero-order chi connectivity index (χ0) is 18.3. The fourth-order valence-corrected chi connectivity index (χ4v) is 33.3. The van der Waals surface area contributed by atoms with Crippen molar-refractivity contribution in [2.24, 2.45) is 0 Å². The third-order valence-corrected chi connectivity index (χ3v) is 32.4. The van der Waals surface area contributed by atoms with Gasteiger partial charge in [-0.2, -0.15) is 0 Å². The molecular formula is C14H12S8Se4. The van der Waals surface area contributed by atoms with Crippen LogP contribution < -0.4 is 0 Å². The van der Waals surface area contributed by atoms with Crippen LogP contribution in [0.3, 0.4) is 0 Å². The van der Waals surface area contributed by atoms with E-state index in [4.69, 9.17) is 0 Å². The molecule has 0 aromatic carbocycles. The van der Waals surface area contributed by atoms with Crippen LogP contribution in [0.2, 0.25) is 0 Å². The molecule has 0 N–H and O–H groups in total. The quantitative estimate of drug-likeness (QED) is 0.323. The second-order valence-electron chi connectivity index (χ2n) is 4.51. The molecule has 0 aliphatic carbocycles. The van der Waals surface area contributed by atoms with Crippen molar-refractivity contribution in [2.75, 3.05) is 25.0 Å². The Labute approximate surface area is 214 Å². The van der Waals surface area contributed by atoms with Gasteiger partial charge in [0.2, 0.25) is 0 Å². The molecule has 140 valence electrons. The third kappa shape index (κ3) is 4.82. The van der Waals surface area contributed by atoms with Crippen LogP contribution in [0.1, 0.15) is 0 Å². The molecule has 0 radical (unpaired) electrons. The third-order valence-electron chi connectivity index (χ3n) is 3.06. The Kier molecular flexibility index (Phi) is 9.16. The topological polar surface area (TPSA) is 0 Å². The number of hydrogen-bond donors (Lipinski definition) is 0. The van der Waals surface area contributed by atoms with Crippen molar-refractivity contribution in [3.8, 4) is 0 Å². The zero-order valence-corrected chi connectivity index (χ0v) is 27.3. The Hall–Kier alpha value is 3.58. The SMILES string of the molecule is CSC1=C(SC)SC(=C2SC3=C(S2)[Se]C(=C2[Se]C(SC)=C(SC)[Se]2)[Se]3)S1. The Morgan fingerprint density at radius 3 is 1.38 bits per heavy atom. The van der Waals surface area contributed by atoms with E-state index >= 15 is 0 Å². The van der Waals surface area contributed by atoms with Crippen molar-refractivity contribution >= 4 is 154 Å². The molecule has 0 atom stereocenters. The summed E-state index contributed by atoms with van der Waals surface area (Å²) in [4.78, 5) is 0. The van der Waals surface area contributed by atoms with Crippen LogP contribution in [0.5, 0.6) is 0 Å². The summed E-state index contributed by atoms with van der Waals surface area (Å²) in [6.07, 6.45) is 8.94. The number of hydrogen-bond acceptors (Lipinski definition) is 8. The molecule has 0 saturated carbocycles. The average Bonchev–Trinajstić information content (AvgIpc) is 3.39. The van der Waals surface area contributed by atoms with E-state index in [-0.39, 0.29) is 0 Å². The van der Waals surface area contributed by atoms with Gasteiger partial charge in [0, 0.05) is 0 Å². The van der Waals surface area contributed by atoms with Gasteiger partial charge in [-0.15, -0.1) is 0 Å². The molecule has 4 aliphatic rings. The standard InChI is InChI=1S/C14H12S8Se4/c1-15-5-6(16-2)20-7(19-5)8-21-11-12(22-8)26-14(25-11)13-23-9(17-3)10(18-4)24-13/h1-4H3. The zero-order valence-electron chi connectivity index (χ0n) is 13.9. The van der Waals surface area contributed by atoms with Gasteiger partial charge in [0.05, 0.1) is 0 Å². The van der Waals surface area contributed by atoms with E-state index in [1.807, 2.05) is 77.3 Å². The van der Waals surface area contributed by atoms with Gasteiger partial charge in [-0.1, -0.05) is 0 Å². The van der Waals surface area contributed by atoms with Crippen molar-refractivity contribution < 1.29 is 0 Å². The summed E-state index contributed by atoms with van der Waals surface area (Å²) in [5, 5.41) is 0. The molecule has 0 bridgehead atoms. The molecule has 26 heavy (non-hydrogen) atoms. The summed E-state index contributed by atoms with van der Waals surface area (Å²) in [7, 11) is 0. The molecule has 12 heteroatoms. The predicted molar refractivity (Wildman–Crippen MR) is 143 cm³/mol. The molecule has 4 aliphatic heterocycles. The molecule has 0 unspecified atom stereocenters. The number of rotatable bonds is 4. The monoisotopic (exact) mass is 756 g/mol. The maximum atomic E-state index is 2.26.